The first-order valence-corrected chi connectivity index (χ1v) is 8.16. The number of benzene rings is 1. The first kappa shape index (κ1) is 18.0. The number of hydrogen-bond acceptors (Lipinski definition) is 4. The Hall–Kier alpha value is -2.31. The topological polar surface area (TPSA) is 104 Å². The number of hydrogen-bond donors (Lipinski definition) is 3. The molecule has 7 heteroatoms. The minimum atomic E-state index is -1.00. The second-order valence-electron chi connectivity index (χ2n) is 7.46. The lowest BCUT2D eigenvalue weighted by molar-refractivity contribution is -0.384. The van der Waals surface area contributed by atoms with Crippen molar-refractivity contribution in [3.8, 4) is 0 Å². The molecule has 1 aliphatic rings. The van der Waals surface area contributed by atoms with E-state index in [9.17, 15) is 20.0 Å². The Morgan fingerprint density at radius 1 is 1.29 bits per heavy atom. The van der Waals surface area contributed by atoms with Crippen LogP contribution in [0.2, 0.25) is 0 Å². The van der Waals surface area contributed by atoms with Gasteiger partial charge in [0.15, 0.2) is 0 Å². The van der Waals surface area contributed by atoms with Crippen LogP contribution in [-0.4, -0.2) is 27.7 Å². The maximum atomic E-state index is 11.2. The van der Waals surface area contributed by atoms with Crippen molar-refractivity contribution in [2.75, 3.05) is 5.32 Å². The summed E-state index contributed by atoms with van der Waals surface area (Å²) in [5.74, 6) is 0. The molecule has 0 radical (unpaired) electrons. The van der Waals surface area contributed by atoms with Gasteiger partial charge in [-0.15, -0.1) is 0 Å². The van der Waals surface area contributed by atoms with Gasteiger partial charge in [-0.2, -0.15) is 0 Å². The lowest BCUT2D eigenvalue weighted by atomic mass is 9.64. The normalized spacial score (nSPS) is 24.2. The van der Waals surface area contributed by atoms with E-state index < -0.39 is 16.6 Å². The Bertz CT molecular complexity index is 617. The van der Waals surface area contributed by atoms with Gasteiger partial charge in [-0.1, -0.05) is 32.9 Å². The number of amides is 1. The summed E-state index contributed by atoms with van der Waals surface area (Å²) in [7, 11) is 0. The molecule has 0 atom stereocenters. The Balaban J connectivity index is 2.09. The van der Waals surface area contributed by atoms with Crippen molar-refractivity contribution in [2.24, 2.45) is 5.41 Å². The third-order valence-corrected chi connectivity index (χ3v) is 5.08. The molecule has 0 aromatic heterocycles. The van der Waals surface area contributed by atoms with Gasteiger partial charge in [0, 0.05) is 17.6 Å². The summed E-state index contributed by atoms with van der Waals surface area (Å²) < 4.78 is 0. The molecule has 24 heavy (non-hydrogen) atoms. The molecule has 0 unspecified atom stereocenters. The molecule has 1 amide bonds. The van der Waals surface area contributed by atoms with E-state index in [0.717, 1.165) is 12.8 Å². The molecule has 1 aliphatic carbocycles. The van der Waals surface area contributed by atoms with E-state index in [1.807, 2.05) is 20.8 Å². The van der Waals surface area contributed by atoms with Gasteiger partial charge in [-0.05, 0) is 37.2 Å². The first-order chi connectivity index (χ1) is 11.1. The van der Waals surface area contributed by atoms with Crippen LogP contribution in [0.15, 0.2) is 24.3 Å². The molecule has 1 fully saturated rings. The highest BCUT2D eigenvalue weighted by molar-refractivity contribution is 5.66. The number of para-hydroxylation sites is 2. The van der Waals surface area contributed by atoms with E-state index in [1.165, 1.54) is 6.07 Å². The summed E-state index contributed by atoms with van der Waals surface area (Å²) in [4.78, 5) is 21.9. The Kier molecular flexibility index (Phi) is 5.01. The number of nitrogens with one attached hydrogen (secondary N) is 2. The number of nitro benzene ring substituents is 1. The van der Waals surface area contributed by atoms with Crippen LogP contribution in [0.5, 0.6) is 0 Å². The molecule has 2 rings (SSSR count). The largest absolute Gasteiger partial charge is 0.465 e. The third kappa shape index (κ3) is 3.77. The van der Waals surface area contributed by atoms with Gasteiger partial charge in [-0.25, -0.2) is 4.79 Å². The molecular formula is C17H25N3O4. The highest BCUT2D eigenvalue weighted by Gasteiger charge is 2.45. The Morgan fingerprint density at radius 2 is 1.88 bits per heavy atom. The molecule has 1 saturated carbocycles. The Labute approximate surface area is 141 Å². The molecular weight excluding hydrogens is 310 g/mol. The van der Waals surface area contributed by atoms with Gasteiger partial charge in [-0.3, -0.25) is 10.1 Å². The molecule has 0 saturated heterocycles. The molecule has 7 nitrogen and oxygen atoms in total. The van der Waals surface area contributed by atoms with Gasteiger partial charge < -0.3 is 15.7 Å². The Morgan fingerprint density at radius 3 is 2.38 bits per heavy atom. The molecule has 0 bridgehead atoms. The summed E-state index contributed by atoms with van der Waals surface area (Å²) in [5, 5.41) is 26.3. The molecule has 1 aromatic carbocycles. The van der Waals surface area contributed by atoms with Crippen molar-refractivity contribution < 1.29 is 14.8 Å². The number of nitro groups is 1. The average molecular weight is 335 g/mol. The first-order valence-electron chi connectivity index (χ1n) is 8.16. The van der Waals surface area contributed by atoms with Crippen molar-refractivity contribution in [3.63, 3.8) is 0 Å². The highest BCUT2D eigenvalue weighted by Crippen LogP contribution is 2.42. The minimum Gasteiger partial charge on any atom is -0.465 e. The number of carbonyl (C=O) groups is 1. The van der Waals surface area contributed by atoms with E-state index >= 15 is 0 Å². The summed E-state index contributed by atoms with van der Waals surface area (Å²) in [5.41, 5.74) is -0.0925. The van der Waals surface area contributed by atoms with Crippen molar-refractivity contribution in [1.82, 2.24) is 5.32 Å². The predicted octanol–water partition coefficient (Wildman–Crippen LogP) is 4.00. The van der Waals surface area contributed by atoms with E-state index in [-0.39, 0.29) is 17.1 Å². The standard InChI is InChI=1S/C17H25N3O4/c1-16(2,3)17(19-15(21)22)10-8-12(9-11-17)18-13-6-4-5-7-14(13)20(23)24/h4-7,12,18-19H,8-11H2,1-3H3,(H,21,22). The second-order valence-corrected chi connectivity index (χ2v) is 7.46. The van der Waals surface area contributed by atoms with Gasteiger partial charge in [0.2, 0.25) is 0 Å². The van der Waals surface area contributed by atoms with Crippen LogP contribution in [0.3, 0.4) is 0 Å². The fourth-order valence-electron chi connectivity index (χ4n) is 3.50. The zero-order valence-corrected chi connectivity index (χ0v) is 14.3. The van der Waals surface area contributed by atoms with Crippen LogP contribution in [0.25, 0.3) is 0 Å². The van der Waals surface area contributed by atoms with Gasteiger partial charge in [0.25, 0.3) is 5.69 Å². The van der Waals surface area contributed by atoms with E-state index in [2.05, 4.69) is 10.6 Å². The van der Waals surface area contributed by atoms with Gasteiger partial charge >= 0.3 is 6.09 Å². The minimum absolute atomic E-state index is 0.0637. The summed E-state index contributed by atoms with van der Waals surface area (Å²) in [6.45, 7) is 6.12. The molecule has 0 spiro atoms. The van der Waals surface area contributed by atoms with Crippen molar-refractivity contribution in [2.45, 2.75) is 58.0 Å². The molecule has 0 heterocycles. The van der Waals surface area contributed by atoms with Crippen LogP contribution in [-0.2, 0) is 0 Å². The second kappa shape index (κ2) is 6.67. The summed E-state index contributed by atoms with van der Waals surface area (Å²) >= 11 is 0. The lowest BCUT2D eigenvalue weighted by Gasteiger charge is -2.49. The zero-order valence-electron chi connectivity index (χ0n) is 14.3. The number of rotatable bonds is 4. The maximum Gasteiger partial charge on any atom is 0.405 e. The van der Waals surface area contributed by atoms with E-state index in [0.29, 0.717) is 18.5 Å². The number of nitrogens with zero attached hydrogens (tertiary/aromatic N) is 1. The maximum absolute atomic E-state index is 11.2. The van der Waals surface area contributed by atoms with E-state index in [1.54, 1.807) is 18.2 Å². The average Bonchev–Trinajstić information content (AvgIpc) is 2.48. The van der Waals surface area contributed by atoms with Gasteiger partial charge in [0.1, 0.15) is 5.69 Å². The SMILES string of the molecule is CC(C)(C)C1(NC(=O)O)CCC(Nc2ccccc2[N+](=O)[O-])CC1. The third-order valence-electron chi connectivity index (χ3n) is 5.08. The molecule has 132 valence electrons. The fraction of sp³-hybridized carbons (Fsp3) is 0.588. The summed E-state index contributed by atoms with van der Waals surface area (Å²) in [6, 6.07) is 6.70. The zero-order chi connectivity index (χ0) is 18.0. The smallest absolute Gasteiger partial charge is 0.405 e. The highest BCUT2D eigenvalue weighted by atomic mass is 16.6. The van der Waals surface area contributed by atoms with Crippen LogP contribution < -0.4 is 10.6 Å². The number of anilines is 1. The van der Waals surface area contributed by atoms with Crippen molar-refractivity contribution in [1.29, 1.82) is 0 Å². The van der Waals surface area contributed by atoms with Crippen LogP contribution in [0, 0.1) is 15.5 Å². The molecule has 3 N–H and O–H groups in total. The van der Waals surface area contributed by atoms with Crippen molar-refractivity contribution >= 4 is 17.5 Å². The lowest BCUT2D eigenvalue weighted by Crippen LogP contribution is -2.59. The van der Waals surface area contributed by atoms with Crippen LogP contribution in [0.1, 0.15) is 46.5 Å². The molecule has 0 aliphatic heterocycles. The van der Waals surface area contributed by atoms with Crippen LogP contribution in [0.4, 0.5) is 16.2 Å². The monoisotopic (exact) mass is 335 g/mol. The van der Waals surface area contributed by atoms with Gasteiger partial charge in [0.05, 0.1) is 4.92 Å². The van der Waals surface area contributed by atoms with Crippen molar-refractivity contribution in [3.05, 3.63) is 34.4 Å². The number of carboxylic acid groups (broad SMARTS) is 1. The molecule has 1 aromatic rings. The summed E-state index contributed by atoms with van der Waals surface area (Å²) in [6.07, 6.45) is 1.89. The van der Waals surface area contributed by atoms with E-state index in [4.69, 9.17) is 0 Å². The quantitative estimate of drug-likeness (QED) is 0.570. The predicted molar refractivity (Wildman–Crippen MR) is 92.3 cm³/mol. The fourth-order valence-corrected chi connectivity index (χ4v) is 3.50. The van der Waals surface area contributed by atoms with Crippen LogP contribution >= 0.6 is 0 Å².